The van der Waals surface area contributed by atoms with E-state index in [9.17, 15) is 13.2 Å². The Morgan fingerprint density at radius 2 is 1.89 bits per heavy atom. The van der Waals surface area contributed by atoms with Crippen molar-refractivity contribution in [2.24, 2.45) is 4.40 Å². The van der Waals surface area contributed by atoms with Gasteiger partial charge in [-0.15, -0.1) is 0 Å². The van der Waals surface area contributed by atoms with Crippen molar-refractivity contribution >= 4 is 22.4 Å². The third-order valence-electron chi connectivity index (χ3n) is 1.96. The number of hydrogen-bond donors (Lipinski definition) is 2. The zero-order chi connectivity index (χ0) is 14.7. The second kappa shape index (κ2) is 5.50. The predicted octanol–water partition coefficient (Wildman–Crippen LogP) is 1.44. The van der Waals surface area contributed by atoms with Gasteiger partial charge < -0.3 is 5.11 Å². The highest BCUT2D eigenvalue weighted by Gasteiger charge is 2.18. The number of carboxylic acid groups (broad SMARTS) is 1. The average Bonchev–Trinajstić information content (AvgIpc) is 2.23. The fourth-order valence-electron chi connectivity index (χ4n) is 1.34. The molecule has 0 spiro atoms. The molecule has 0 atom stereocenters. The van der Waals surface area contributed by atoms with Crippen molar-refractivity contribution in [1.82, 2.24) is 4.72 Å². The minimum Gasteiger partial charge on any atom is -0.478 e. The molecule has 1 rings (SSSR count). The SMILES string of the molecule is CC(C)(C)NS(=O)(=O)/N=C/c1ccccc1C(=O)O. The van der Waals surface area contributed by atoms with Gasteiger partial charge in [0.1, 0.15) is 0 Å². The van der Waals surface area contributed by atoms with E-state index in [-0.39, 0.29) is 11.1 Å². The highest BCUT2D eigenvalue weighted by molar-refractivity contribution is 7.88. The summed E-state index contributed by atoms with van der Waals surface area (Å²) >= 11 is 0. The molecular weight excluding hydrogens is 268 g/mol. The predicted molar refractivity (Wildman–Crippen MR) is 72.8 cm³/mol. The third kappa shape index (κ3) is 5.19. The summed E-state index contributed by atoms with van der Waals surface area (Å²) in [6.07, 6.45) is 1.03. The summed E-state index contributed by atoms with van der Waals surface area (Å²) in [4.78, 5) is 10.9. The number of carbonyl (C=O) groups is 1. The molecule has 0 unspecified atom stereocenters. The van der Waals surface area contributed by atoms with Crippen LogP contribution in [0.15, 0.2) is 28.7 Å². The molecule has 0 heterocycles. The van der Waals surface area contributed by atoms with Crippen LogP contribution in [0.1, 0.15) is 36.7 Å². The monoisotopic (exact) mass is 284 g/mol. The zero-order valence-electron chi connectivity index (χ0n) is 10.9. The molecule has 0 fully saturated rings. The number of aromatic carboxylic acids is 1. The highest BCUT2D eigenvalue weighted by Crippen LogP contribution is 2.08. The van der Waals surface area contributed by atoms with Gasteiger partial charge in [-0.2, -0.15) is 17.5 Å². The van der Waals surface area contributed by atoms with Gasteiger partial charge in [0.05, 0.1) is 5.56 Å². The van der Waals surface area contributed by atoms with E-state index in [4.69, 9.17) is 5.11 Å². The smallest absolute Gasteiger partial charge is 0.336 e. The number of nitrogens with one attached hydrogen (secondary N) is 1. The van der Waals surface area contributed by atoms with Gasteiger partial charge in [-0.3, -0.25) is 0 Å². The average molecular weight is 284 g/mol. The van der Waals surface area contributed by atoms with Crippen molar-refractivity contribution in [3.05, 3.63) is 35.4 Å². The van der Waals surface area contributed by atoms with Gasteiger partial charge in [-0.1, -0.05) is 18.2 Å². The molecule has 0 saturated heterocycles. The second-order valence-corrected chi connectivity index (χ2v) is 6.32. The summed E-state index contributed by atoms with van der Waals surface area (Å²) in [5.74, 6) is -1.14. The molecule has 1 aromatic carbocycles. The van der Waals surface area contributed by atoms with Crippen LogP contribution in [-0.2, 0) is 10.2 Å². The van der Waals surface area contributed by atoms with Gasteiger partial charge in [0.2, 0.25) is 0 Å². The van der Waals surface area contributed by atoms with Crippen molar-refractivity contribution in [3.8, 4) is 0 Å². The lowest BCUT2D eigenvalue weighted by Crippen LogP contribution is -2.39. The Kier molecular flexibility index (Phi) is 4.43. The molecule has 0 aromatic heterocycles. The molecule has 7 heteroatoms. The molecule has 0 aliphatic heterocycles. The van der Waals surface area contributed by atoms with E-state index in [2.05, 4.69) is 9.12 Å². The van der Waals surface area contributed by atoms with E-state index in [1.54, 1.807) is 32.9 Å². The largest absolute Gasteiger partial charge is 0.478 e. The van der Waals surface area contributed by atoms with Crippen LogP contribution in [0.3, 0.4) is 0 Å². The van der Waals surface area contributed by atoms with Gasteiger partial charge in [0.15, 0.2) is 0 Å². The van der Waals surface area contributed by atoms with Crippen molar-refractivity contribution in [1.29, 1.82) is 0 Å². The normalized spacial score (nSPS) is 12.8. The quantitative estimate of drug-likeness (QED) is 0.818. The Morgan fingerprint density at radius 3 is 2.42 bits per heavy atom. The number of nitrogens with zero attached hydrogens (tertiary/aromatic N) is 1. The standard InChI is InChI=1S/C12H16N2O4S/c1-12(2,3)14-19(17,18)13-8-9-6-4-5-7-10(9)11(15)16/h4-8,14H,1-3H3,(H,15,16)/b13-8+. The maximum atomic E-state index is 11.6. The molecule has 1 aromatic rings. The molecular formula is C12H16N2O4S. The molecule has 0 bridgehead atoms. The number of carboxylic acids is 1. The molecule has 0 aliphatic carbocycles. The van der Waals surface area contributed by atoms with Crippen LogP contribution in [-0.4, -0.2) is 31.2 Å². The van der Waals surface area contributed by atoms with E-state index in [0.29, 0.717) is 0 Å². The lowest BCUT2D eigenvalue weighted by molar-refractivity contribution is 0.0696. The van der Waals surface area contributed by atoms with Crippen LogP contribution < -0.4 is 4.72 Å². The lowest BCUT2D eigenvalue weighted by Gasteiger charge is -2.17. The summed E-state index contributed by atoms with van der Waals surface area (Å²) in [5, 5.41) is 8.95. The number of benzene rings is 1. The third-order valence-corrected chi connectivity index (χ3v) is 3.21. The summed E-state index contributed by atoms with van der Waals surface area (Å²) in [5.41, 5.74) is -0.422. The molecule has 2 N–H and O–H groups in total. The first kappa shape index (κ1) is 15.3. The Hall–Kier alpha value is -1.73. The molecule has 0 saturated carbocycles. The van der Waals surface area contributed by atoms with Crippen molar-refractivity contribution < 1.29 is 18.3 Å². The summed E-state index contributed by atoms with van der Waals surface area (Å²) < 4.78 is 29.1. The van der Waals surface area contributed by atoms with Gasteiger partial charge in [0.25, 0.3) is 0 Å². The molecule has 19 heavy (non-hydrogen) atoms. The summed E-state index contributed by atoms with van der Waals surface area (Å²) in [6, 6.07) is 6.04. The van der Waals surface area contributed by atoms with Crippen LogP contribution in [0.4, 0.5) is 0 Å². The first-order valence-electron chi connectivity index (χ1n) is 5.52. The fraction of sp³-hybridized carbons (Fsp3) is 0.333. The maximum Gasteiger partial charge on any atom is 0.336 e. The van der Waals surface area contributed by atoms with Crippen LogP contribution in [0.2, 0.25) is 0 Å². The van der Waals surface area contributed by atoms with E-state index < -0.39 is 21.7 Å². The van der Waals surface area contributed by atoms with E-state index in [1.165, 1.54) is 12.1 Å². The van der Waals surface area contributed by atoms with Crippen molar-refractivity contribution in [2.75, 3.05) is 0 Å². The zero-order valence-corrected chi connectivity index (χ0v) is 11.7. The topological polar surface area (TPSA) is 95.8 Å². The van der Waals surface area contributed by atoms with E-state index in [0.717, 1.165) is 6.21 Å². The Bertz CT molecular complexity index is 600. The summed E-state index contributed by atoms with van der Waals surface area (Å²) in [7, 11) is -3.85. The van der Waals surface area contributed by atoms with Crippen molar-refractivity contribution in [2.45, 2.75) is 26.3 Å². The fourth-order valence-corrected chi connectivity index (χ4v) is 2.42. The van der Waals surface area contributed by atoms with Gasteiger partial charge in [-0.25, -0.2) is 4.79 Å². The molecule has 0 radical (unpaired) electrons. The maximum absolute atomic E-state index is 11.6. The second-order valence-electron chi connectivity index (χ2n) is 4.95. The van der Waals surface area contributed by atoms with Crippen LogP contribution in [0.5, 0.6) is 0 Å². The Labute approximate surface area is 112 Å². The first-order chi connectivity index (χ1) is 8.61. The minimum atomic E-state index is -3.85. The molecule has 6 nitrogen and oxygen atoms in total. The van der Waals surface area contributed by atoms with Crippen LogP contribution >= 0.6 is 0 Å². The molecule has 0 aliphatic rings. The van der Waals surface area contributed by atoms with E-state index in [1.807, 2.05) is 0 Å². The first-order valence-corrected chi connectivity index (χ1v) is 6.96. The number of rotatable bonds is 4. The van der Waals surface area contributed by atoms with Crippen LogP contribution in [0.25, 0.3) is 0 Å². The highest BCUT2D eigenvalue weighted by atomic mass is 32.2. The summed E-state index contributed by atoms with van der Waals surface area (Å²) in [6.45, 7) is 5.06. The minimum absolute atomic E-state index is 0.00258. The Morgan fingerprint density at radius 1 is 1.32 bits per heavy atom. The van der Waals surface area contributed by atoms with Crippen LogP contribution in [0, 0.1) is 0 Å². The number of hydrogen-bond acceptors (Lipinski definition) is 3. The van der Waals surface area contributed by atoms with Crippen molar-refractivity contribution in [3.63, 3.8) is 0 Å². The van der Waals surface area contributed by atoms with E-state index >= 15 is 0 Å². The van der Waals surface area contributed by atoms with Gasteiger partial charge in [0, 0.05) is 17.3 Å². The van der Waals surface area contributed by atoms with Gasteiger partial charge in [-0.05, 0) is 26.8 Å². The Balaban J connectivity index is 3.03. The molecule has 0 amide bonds. The lowest BCUT2D eigenvalue weighted by atomic mass is 10.1. The van der Waals surface area contributed by atoms with Gasteiger partial charge >= 0.3 is 16.2 Å². The molecule has 104 valence electrons.